The number of ether oxygens (including phenoxy) is 2. The summed E-state index contributed by atoms with van der Waals surface area (Å²) in [6.45, 7) is 2.80. The molecule has 0 unspecified atom stereocenters. The third-order valence-corrected chi connectivity index (χ3v) is 5.48. The van der Waals surface area contributed by atoms with Crippen molar-refractivity contribution >= 4 is 21.7 Å². The summed E-state index contributed by atoms with van der Waals surface area (Å²) in [6, 6.07) is 9.15. The maximum atomic E-state index is 13.1. The molecule has 0 N–H and O–H groups in total. The SMILES string of the molecule is COc1ccc(S(=O)(=O)N(CC(=O)[O-])c2cc(C)cc(C)c2)cc1OC. The van der Waals surface area contributed by atoms with Crippen LogP contribution < -0.4 is 18.9 Å². The normalized spacial score (nSPS) is 11.1. The van der Waals surface area contributed by atoms with Crippen molar-refractivity contribution in [1.29, 1.82) is 0 Å². The molecule has 26 heavy (non-hydrogen) atoms. The molecule has 0 heterocycles. The highest BCUT2D eigenvalue weighted by molar-refractivity contribution is 7.92. The summed E-state index contributed by atoms with van der Waals surface area (Å²) in [5.74, 6) is -0.917. The van der Waals surface area contributed by atoms with E-state index < -0.39 is 22.5 Å². The Balaban J connectivity index is 2.61. The van der Waals surface area contributed by atoms with Gasteiger partial charge in [0.1, 0.15) is 0 Å². The molecule has 0 amide bonds. The minimum absolute atomic E-state index is 0.115. The summed E-state index contributed by atoms with van der Waals surface area (Å²) < 4.78 is 37.3. The van der Waals surface area contributed by atoms with Gasteiger partial charge in [-0.2, -0.15) is 0 Å². The number of aliphatic carboxylic acids is 1. The van der Waals surface area contributed by atoms with Crippen molar-refractivity contribution in [3.63, 3.8) is 0 Å². The Morgan fingerprint density at radius 1 is 1.00 bits per heavy atom. The van der Waals surface area contributed by atoms with Crippen molar-refractivity contribution in [1.82, 2.24) is 0 Å². The van der Waals surface area contributed by atoms with Gasteiger partial charge >= 0.3 is 0 Å². The van der Waals surface area contributed by atoms with Gasteiger partial charge in [-0.05, 0) is 49.2 Å². The summed E-state index contributed by atoms with van der Waals surface area (Å²) in [7, 11) is -1.34. The first-order chi connectivity index (χ1) is 12.2. The van der Waals surface area contributed by atoms with Gasteiger partial charge in [-0.1, -0.05) is 6.07 Å². The second-order valence-corrected chi connectivity index (χ2v) is 7.61. The van der Waals surface area contributed by atoms with Crippen LogP contribution in [0, 0.1) is 13.8 Å². The Morgan fingerprint density at radius 2 is 1.58 bits per heavy atom. The molecule has 0 atom stereocenters. The molecule has 0 radical (unpaired) electrons. The second kappa shape index (κ2) is 7.65. The topological polar surface area (TPSA) is 96.0 Å². The lowest BCUT2D eigenvalue weighted by Crippen LogP contribution is -2.41. The first-order valence-corrected chi connectivity index (χ1v) is 9.16. The van der Waals surface area contributed by atoms with Crippen molar-refractivity contribution in [3.05, 3.63) is 47.5 Å². The molecule has 2 aromatic carbocycles. The van der Waals surface area contributed by atoms with Crippen LogP contribution in [0.4, 0.5) is 5.69 Å². The molecular formula is C18H20NO6S-. The van der Waals surface area contributed by atoms with Gasteiger partial charge in [-0.25, -0.2) is 8.42 Å². The molecule has 0 bridgehead atoms. The van der Waals surface area contributed by atoms with Crippen molar-refractivity contribution < 1.29 is 27.8 Å². The van der Waals surface area contributed by atoms with Gasteiger partial charge in [0.25, 0.3) is 10.0 Å². The van der Waals surface area contributed by atoms with Crippen LogP contribution in [0.2, 0.25) is 0 Å². The van der Waals surface area contributed by atoms with E-state index in [1.807, 2.05) is 6.07 Å². The number of nitrogens with zero attached hydrogens (tertiary/aromatic N) is 1. The van der Waals surface area contributed by atoms with Crippen LogP contribution >= 0.6 is 0 Å². The highest BCUT2D eigenvalue weighted by atomic mass is 32.2. The molecule has 0 spiro atoms. The molecule has 0 aromatic heterocycles. The third-order valence-electron chi connectivity index (χ3n) is 3.71. The number of rotatable bonds is 7. The monoisotopic (exact) mass is 378 g/mol. The molecule has 8 heteroatoms. The number of carbonyl (C=O) groups excluding carboxylic acids is 1. The number of aryl methyl sites for hydroxylation is 2. The predicted molar refractivity (Wildman–Crippen MR) is 95.0 cm³/mol. The molecule has 7 nitrogen and oxygen atoms in total. The third kappa shape index (κ3) is 4.08. The molecule has 0 fully saturated rings. The summed E-state index contributed by atoms with van der Waals surface area (Å²) in [5, 5.41) is 11.2. The molecule has 2 aromatic rings. The van der Waals surface area contributed by atoms with Crippen molar-refractivity contribution in [2.75, 3.05) is 25.1 Å². The number of sulfonamides is 1. The largest absolute Gasteiger partial charge is 0.548 e. The van der Waals surface area contributed by atoms with Gasteiger partial charge in [0.05, 0.1) is 37.3 Å². The van der Waals surface area contributed by atoms with Gasteiger partial charge in [0.2, 0.25) is 0 Å². The number of benzene rings is 2. The van der Waals surface area contributed by atoms with E-state index in [1.165, 1.54) is 32.4 Å². The first-order valence-electron chi connectivity index (χ1n) is 7.72. The van der Waals surface area contributed by atoms with Crippen molar-refractivity contribution in [3.8, 4) is 11.5 Å². The number of methoxy groups -OCH3 is 2. The van der Waals surface area contributed by atoms with Crippen LogP contribution in [-0.2, 0) is 14.8 Å². The molecule has 0 saturated heterocycles. The fourth-order valence-electron chi connectivity index (χ4n) is 2.63. The number of carboxylic acids is 1. The predicted octanol–water partition coefficient (Wildman–Crippen LogP) is 1.27. The lowest BCUT2D eigenvalue weighted by molar-refractivity contribution is -0.303. The lowest BCUT2D eigenvalue weighted by Gasteiger charge is -2.26. The average molecular weight is 378 g/mol. The van der Waals surface area contributed by atoms with Gasteiger partial charge in [-0.15, -0.1) is 0 Å². The van der Waals surface area contributed by atoms with E-state index in [1.54, 1.807) is 26.0 Å². The van der Waals surface area contributed by atoms with Crippen LogP contribution in [0.1, 0.15) is 11.1 Å². The fraction of sp³-hybridized carbons (Fsp3) is 0.278. The summed E-state index contributed by atoms with van der Waals surface area (Å²) in [4.78, 5) is 11.1. The van der Waals surface area contributed by atoms with E-state index in [2.05, 4.69) is 0 Å². The van der Waals surface area contributed by atoms with E-state index in [-0.39, 0.29) is 16.3 Å². The minimum atomic E-state index is -4.16. The van der Waals surface area contributed by atoms with Crippen LogP contribution in [0.15, 0.2) is 41.3 Å². The molecule has 0 aliphatic heterocycles. The highest BCUT2D eigenvalue weighted by Gasteiger charge is 2.26. The second-order valence-electron chi connectivity index (χ2n) is 5.75. The zero-order valence-corrected chi connectivity index (χ0v) is 15.8. The van der Waals surface area contributed by atoms with E-state index >= 15 is 0 Å². The van der Waals surface area contributed by atoms with E-state index in [9.17, 15) is 18.3 Å². The zero-order valence-electron chi connectivity index (χ0n) is 15.0. The van der Waals surface area contributed by atoms with Gasteiger partial charge in [0, 0.05) is 6.07 Å². The quantitative estimate of drug-likeness (QED) is 0.720. The maximum Gasteiger partial charge on any atom is 0.264 e. The standard InChI is InChI=1S/C18H21NO6S/c1-12-7-13(2)9-14(8-12)19(11-18(20)21)26(22,23)15-5-6-16(24-3)17(10-15)25-4/h5-10H,11H2,1-4H3,(H,20,21)/p-1. The Morgan fingerprint density at radius 3 is 2.08 bits per heavy atom. The molecule has 140 valence electrons. The Labute approximate surface area is 152 Å². The van der Waals surface area contributed by atoms with E-state index in [0.717, 1.165) is 15.4 Å². The smallest absolute Gasteiger partial charge is 0.264 e. The van der Waals surface area contributed by atoms with Crippen LogP contribution in [0.5, 0.6) is 11.5 Å². The summed E-state index contributed by atoms with van der Waals surface area (Å²) in [6.07, 6.45) is 0. The number of hydrogen-bond acceptors (Lipinski definition) is 6. The molecule has 0 saturated carbocycles. The van der Waals surface area contributed by atoms with Gasteiger partial charge < -0.3 is 19.4 Å². The molecular weight excluding hydrogens is 358 g/mol. The average Bonchev–Trinajstić information content (AvgIpc) is 2.57. The van der Waals surface area contributed by atoms with Crippen LogP contribution in [0.3, 0.4) is 0 Å². The molecule has 2 rings (SSSR count). The lowest BCUT2D eigenvalue weighted by atomic mass is 10.1. The molecule has 0 aliphatic carbocycles. The highest BCUT2D eigenvalue weighted by Crippen LogP contribution is 2.32. The number of hydrogen-bond donors (Lipinski definition) is 0. The van der Waals surface area contributed by atoms with Crippen LogP contribution in [-0.4, -0.2) is 35.2 Å². The Kier molecular flexibility index (Phi) is 5.76. The Hall–Kier alpha value is -2.74. The zero-order chi connectivity index (χ0) is 19.5. The maximum absolute atomic E-state index is 13.1. The number of carbonyl (C=O) groups is 1. The Bertz CT molecular complexity index is 903. The van der Waals surface area contributed by atoms with E-state index in [4.69, 9.17) is 9.47 Å². The van der Waals surface area contributed by atoms with Crippen molar-refractivity contribution in [2.45, 2.75) is 18.7 Å². The molecule has 0 aliphatic rings. The number of anilines is 1. The van der Waals surface area contributed by atoms with Crippen molar-refractivity contribution in [2.24, 2.45) is 0 Å². The summed E-state index contributed by atoms with van der Waals surface area (Å²) in [5.41, 5.74) is 1.87. The summed E-state index contributed by atoms with van der Waals surface area (Å²) >= 11 is 0. The first kappa shape index (κ1) is 19.6. The van der Waals surface area contributed by atoms with Crippen LogP contribution in [0.25, 0.3) is 0 Å². The van der Waals surface area contributed by atoms with Gasteiger partial charge in [-0.3, -0.25) is 4.31 Å². The number of carboxylic acid groups (broad SMARTS) is 1. The van der Waals surface area contributed by atoms with Gasteiger partial charge in [0.15, 0.2) is 11.5 Å². The minimum Gasteiger partial charge on any atom is -0.548 e. The fourth-order valence-corrected chi connectivity index (χ4v) is 4.04. The van der Waals surface area contributed by atoms with E-state index in [0.29, 0.717) is 5.75 Å².